The van der Waals surface area contributed by atoms with Gasteiger partial charge in [0.15, 0.2) is 0 Å². The van der Waals surface area contributed by atoms with Gasteiger partial charge in [0.05, 0.1) is 35.5 Å². The van der Waals surface area contributed by atoms with E-state index in [-0.39, 0.29) is 74.7 Å². The standard InChI is InChI=1S/C26H47N7O7/c1-14(21(27)35)8-29-23(37)16(3)10-31-25(39)18(5)12-33-26(40)19(6)13-32-24(38)17(4)11-30-22(36)15(2)9-28-20(7)34/h14-19H,8-13H2,1-7H3,(H2,27,35)(H,28,34)(H,29,37)(H,30,36)(H,31,39)(H,32,38)(H,33,40)/t14-,15-,16-,17-,18-,19-/m0/s1. The molecule has 0 spiro atoms. The highest BCUT2D eigenvalue weighted by Gasteiger charge is 2.22. The first-order valence-electron chi connectivity index (χ1n) is 13.5. The second kappa shape index (κ2) is 18.6. The van der Waals surface area contributed by atoms with E-state index in [1.807, 2.05) is 0 Å². The lowest BCUT2D eigenvalue weighted by molar-refractivity contribution is -0.128. The van der Waals surface area contributed by atoms with Gasteiger partial charge in [-0.1, -0.05) is 41.5 Å². The number of amides is 7. The molecule has 40 heavy (non-hydrogen) atoms. The van der Waals surface area contributed by atoms with Crippen molar-refractivity contribution >= 4 is 41.4 Å². The van der Waals surface area contributed by atoms with Crippen molar-refractivity contribution in [3.05, 3.63) is 0 Å². The average Bonchev–Trinajstić information content (AvgIpc) is 2.91. The first-order valence-corrected chi connectivity index (χ1v) is 13.5. The van der Waals surface area contributed by atoms with Crippen LogP contribution in [0.5, 0.6) is 0 Å². The topological polar surface area (TPSA) is 218 Å². The first-order chi connectivity index (χ1) is 18.6. The first kappa shape index (κ1) is 36.3. The smallest absolute Gasteiger partial charge is 0.224 e. The van der Waals surface area contributed by atoms with Crippen LogP contribution in [0, 0.1) is 35.5 Å². The molecule has 0 aromatic rings. The average molecular weight is 570 g/mol. The Morgan fingerprint density at radius 3 is 0.825 bits per heavy atom. The van der Waals surface area contributed by atoms with Crippen molar-refractivity contribution in [3.8, 4) is 0 Å². The zero-order valence-corrected chi connectivity index (χ0v) is 24.6. The molecular formula is C26H47N7O7. The van der Waals surface area contributed by atoms with E-state index >= 15 is 0 Å². The third kappa shape index (κ3) is 15.0. The molecule has 0 aliphatic heterocycles. The lowest BCUT2D eigenvalue weighted by Gasteiger charge is -2.19. The van der Waals surface area contributed by atoms with Crippen molar-refractivity contribution in [1.82, 2.24) is 31.9 Å². The van der Waals surface area contributed by atoms with Crippen LogP contribution in [0.4, 0.5) is 0 Å². The van der Waals surface area contributed by atoms with Crippen molar-refractivity contribution in [1.29, 1.82) is 0 Å². The summed E-state index contributed by atoms with van der Waals surface area (Å²) in [6.45, 7) is 11.8. The van der Waals surface area contributed by atoms with Crippen molar-refractivity contribution in [2.75, 3.05) is 39.3 Å². The Hall–Kier alpha value is -3.71. The van der Waals surface area contributed by atoms with Crippen LogP contribution < -0.4 is 37.6 Å². The Kier molecular flexibility index (Phi) is 16.8. The number of nitrogens with one attached hydrogen (secondary N) is 6. The summed E-state index contributed by atoms with van der Waals surface area (Å²) >= 11 is 0. The van der Waals surface area contributed by atoms with Crippen LogP contribution in [0.3, 0.4) is 0 Å². The fourth-order valence-electron chi connectivity index (χ4n) is 3.00. The van der Waals surface area contributed by atoms with Crippen LogP contribution >= 0.6 is 0 Å². The van der Waals surface area contributed by atoms with Crippen LogP contribution in [0.15, 0.2) is 0 Å². The molecule has 8 N–H and O–H groups in total. The van der Waals surface area contributed by atoms with Crippen LogP contribution in [0.25, 0.3) is 0 Å². The molecule has 0 aliphatic carbocycles. The third-order valence-electron chi connectivity index (χ3n) is 6.29. The van der Waals surface area contributed by atoms with Gasteiger partial charge in [-0.3, -0.25) is 33.6 Å². The second-order valence-electron chi connectivity index (χ2n) is 10.5. The molecule has 14 nitrogen and oxygen atoms in total. The van der Waals surface area contributed by atoms with Gasteiger partial charge >= 0.3 is 0 Å². The van der Waals surface area contributed by atoms with E-state index in [4.69, 9.17) is 5.73 Å². The number of primary amides is 1. The Balaban J connectivity index is 4.34. The van der Waals surface area contributed by atoms with Gasteiger partial charge in [-0.25, -0.2) is 0 Å². The molecule has 0 aromatic carbocycles. The van der Waals surface area contributed by atoms with Crippen LogP contribution in [-0.4, -0.2) is 80.6 Å². The normalized spacial score (nSPS) is 15.2. The maximum atomic E-state index is 12.4. The summed E-state index contributed by atoms with van der Waals surface area (Å²) in [5.41, 5.74) is 5.17. The molecule has 0 fully saturated rings. The molecule has 0 aromatic heterocycles. The summed E-state index contributed by atoms with van der Waals surface area (Å²) in [6.07, 6.45) is 0. The fourth-order valence-corrected chi connectivity index (χ4v) is 3.00. The minimum atomic E-state index is -0.565. The van der Waals surface area contributed by atoms with Gasteiger partial charge in [0.1, 0.15) is 0 Å². The second-order valence-corrected chi connectivity index (χ2v) is 10.5. The van der Waals surface area contributed by atoms with E-state index < -0.39 is 41.4 Å². The zero-order valence-electron chi connectivity index (χ0n) is 24.6. The van der Waals surface area contributed by atoms with E-state index in [1.54, 1.807) is 41.5 Å². The Bertz CT molecular complexity index is 912. The van der Waals surface area contributed by atoms with Crippen molar-refractivity contribution < 1.29 is 33.6 Å². The maximum absolute atomic E-state index is 12.4. The Morgan fingerprint density at radius 1 is 0.425 bits per heavy atom. The summed E-state index contributed by atoms with van der Waals surface area (Å²) in [4.78, 5) is 83.3. The number of hydrogen-bond acceptors (Lipinski definition) is 7. The van der Waals surface area contributed by atoms with E-state index in [0.717, 1.165) is 0 Å². The van der Waals surface area contributed by atoms with Gasteiger partial charge in [0.25, 0.3) is 0 Å². The van der Waals surface area contributed by atoms with Gasteiger partial charge in [-0.2, -0.15) is 0 Å². The molecule has 0 saturated carbocycles. The quantitative estimate of drug-likeness (QED) is 0.0984. The summed E-state index contributed by atoms with van der Waals surface area (Å²) in [7, 11) is 0. The zero-order chi connectivity index (χ0) is 31.0. The highest BCUT2D eigenvalue weighted by Crippen LogP contribution is 2.01. The molecule has 0 bridgehead atoms. The van der Waals surface area contributed by atoms with E-state index in [9.17, 15) is 33.6 Å². The Morgan fingerprint density at radius 2 is 0.625 bits per heavy atom. The summed E-state index contributed by atoms with van der Waals surface area (Å²) < 4.78 is 0. The third-order valence-corrected chi connectivity index (χ3v) is 6.29. The molecule has 7 amide bonds. The lowest BCUT2D eigenvalue weighted by atomic mass is 10.1. The highest BCUT2D eigenvalue weighted by atomic mass is 16.2. The van der Waals surface area contributed by atoms with E-state index in [2.05, 4.69) is 31.9 Å². The van der Waals surface area contributed by atoms with Gasteiger partial charge in [-0.05, 0) is 0 Å². The fraction of sp³-hybridized carbons (Fsp3) is 0.731. The van der Waals surface area contributed by atoms with Gasteiger partial charge in [0, 0.05) is 46.2 Å². The molecule has 0 heterocycles. The monoisotopic (exact) mass is 569 g/mol. The summed E-state index contributed by atoms with van der Waals surface area (Å²) in [5, 5.41) is 15.9. The largest absolute Gasteiger partial charge is 0.369 e. The van der Waals surface area contributed by atoms with Crippen LogP contribution in [0.1, 0.15) is 48.5 Å². The molecule has 14 heteroatoms. The number of hydrogen-bond donors (Lipinski definition) is 7. The number of nitrogens with two attached hydrogens (primary N) is 1. The summed E-state index contributed by atoms with van der Waals surface area (Å²) in [6, 6.07) is 0. The van der Waals surface area contributed by atoms with Crippen molar-refractivity contribution in [2.45, 2.75) is 48.5 Å². The number of rotatable bonds is 18. The minimum Gasteiger partial charge on any atom is -0.369 e. The molecule has 0 saturated heterocycles. The van der Waals surface area contributed by atoms with Gasteiger partial charge in [0.2, 0.25) is 41.4 Å². The molecular weight excluding hydrogens is 522 g/mol. The van der Waals surface area contributed by atoms with Crippen molar-refractivity contribution in [3.63, 3.8) is 0 Å². The molecule has 228 valence electrons. The molecule has 6 atom stereocenters. The van der Waals surface area contributed by atoms with Crippen LogP contribution in [-0.2, 0) is 33.6 Å². The van der Waals surface area contributed by atoms with Gasteiger partial charge < -0.3 is 37.6 Å². The highest BCUT2D eigenvalue weighted by molar-refractivity contribution is 5.85. The van der Waals surface area contributed by atoms with E-state index in [0.29, 0.717) is 0 Å². The predicted molar refractivity (Wildman–Crippen MR) is 148 cm³/mol. The Labute approximate surface area is 236 Å². The molecule has 0 radical (unpaired) electrons. The molecule has 0 unspecified atom stereocenters. The molecule has 0 aliphatic rings. The molecule has 0 rings (SSSR count). The van der Waals surface area contributed by atoms with Crippen molar-refractivity contribution in [2.24, 2.45) is 41.2 Å². The predicted octanol–water partition coefficient (Wildman–Crippen LogP) is -1.99. The number of carbonyl (C=O) groups is 7. The lowest BCUT2D eigenvalue weighted by Crippen LogP contribution is -2.45. The minimum absolute atomic E-state index is 0.0682. The summed E-state index contributed by atoms with van der Waals surface area (Å²) in [5.74, 6) is -5.51. The van der Waals surface area contributed by atoms with E-state index in [1.165, 1.54) is 6.92 Å². The van der Waals surface area contributed by atoms with Crippen LogP contribution in [0.2, 0.25) is 0 Å². The maximum Gasteiger partial charge on any atom is 0.224 e. The van der Waals surface area contributed by atoms with Gasteiger partial charge in [-0.15, -0.1) is 0 Å². The SMILES string of the molecule is CC(=O)NC[C@H](C)C(=O)NC[C@H](C)C(=O)NC[C@H](C)C(=O)NC[C@H](C)C(=O)NC[C@H](C)C(=O)NC[C@H](C)C(N)=O. The number of carbonyl (C=O) groups excluding carboxylic acids is 7.